The van der Waals surface area contributed by atoms with Crippen LogP contribution in [0.2, 0.25) is 10.0 Å². The summed E-state index contributed by atoms with van der Waals surface area (Å²) < 4.78 is 0. The van der Waals surface area contributed by atoms with Crippen LogP contribution in [-0.2, 0) is 4.79 Å². The Labute approximate surface area is 193 Å². The van der Waals surface area contributed by atoms with Crippen molar-refractivity contribution >= 4 is 59.1 Å². The van der Waals surface area contributed by atoms with E-state index < -0.39 is 0 Å². The van der Waals surface area contributed by atoms with Gasteiger partial charge in [-0.25, -0.2) is 0 Å². The highest BCUT2D eigenvalue weighted by Gasteiger charge is 2.37. The van der Waals surface area contributed by atoms with Gasteiger partial charge in [-0.2, -0.15) is 11.8 Å². The summed E-state index contributed by atoms with van der Waals surface area (Å²) in [6.07, 6.45) is 4.77. The first-order valence-electron chi connectivity index (χ1n) is 10.2. The molecule has 2 unspecified atom stereocenters. The minimum absolute atomic E-state index is 0. The zero-order valence-corrected chi connectivity index (χ0v) is 19.5. The largest absolute Gasteiger partial charge is 0.336 e. The Morgan fingerprint density at radius 1 is 1.10 bits per heavy atom. The molecule has 2 fully saturated rings. The van der Waals surface area contributed by atoms with Gasteiger partial charge in [0.1, 0.15) is 0 Å². The van der Waals surface area contributed by atoms with Gasteiger partial charge in [-0.1, -0.05) is 29.6 Å². The fraction of sp³-hybridized carbons (Fsp3) is 0.619. The number of amides is 1. The predicted molar refractivity (Wildman–Crippen MR) is 123 cm³/mol. The molecule has 2 atom stereocenters. The predicted octanol–water partition coefficient (Wildman–Crippen LogP) is 4.91. The maximum absolute atomic E-state index is 13.6. The molecule has 0 bridgehead atoms. The molecule has 0 N–H and O–H groups in total. The van der Waals surface area contributed by atoms with Crippen molar-refractivity contribution in [1.82, 2.24) is 9.80 Å². The highest BCUT2D eigenvalue weighted by Crippen LogP contribution is 2.38. The third kappa shape index (κ3) is 5.07. The van der Waals surface area contributed by atoms with Crippen molar-refractivity contribution in [2.24, 2.45) is 0 Å². The Morgan fingerprint density at radius 2 is 1.83 bits per heavy atom. The van der Waals surface area contributed by atoms with Gasteiger partial charge >= 0.3 is 0 Å². The smallest absolute Gasteiger partial charge is 0.230 e. The van der Waals surface area contributed by atoms with Crippen LogP contribution < -0.4 is 0 Å². The van der Waals surface area contributed by atoms with Crippen LogP contribution in [0, 0.1) is 0 Å². The number of carbonyl (C=O) groups excluding carboxylic acids is 2. The molecule has 1 aliphatic carbocycles. The number of hydrogen-bond acceptors (Lipinski definition) is 4. The SMILES string of the molecule is Cl.O=C1CCC(C(=O)N2CCSCC2CN2CCCCC2)c2cc(Cl)c(Cl)cc21. The van der Waals surface area contributed by atoms with Crippen molar-refractivity contribution in [3.8, 4) is 0 Å². The average Bonchev–Trinajstić information content (AvgIpc) is 2.71. The topological polar surface area (TPSA) is 40.6 Å². The number of fused-ring (bicyclic) bond motifs is 1. The number of carbonyl (C=O) groups is 2. The summed E-state index contributed by atoms with van der Waals surface area (Å²) in [7, 11) is 0. The van der Waals surface area contributed by atoms with E-state index in [0.29, 0.717) is 28.5 Å². The van der Waals surface area contributed by atoms with Gasteiger partial charge in [0, 0.05) is 36.6 Å². The maximum Gasteiger partial charge on any atom is 0.230 e. The van der Waals surface area contributed by atoms with Crippen molar-refractivity contribution in [2.75, 3.05) is 37.7 Å². The summed E-state index contributed by atoms with van der Waals surface area (Å²) in [5.41, 5.74) is 1.32. The molecular formula is C21H27Cl3N2O2S. The summed E-state index contributed by atoms with van der Waals surface area (Å²) >= 11 is 14.3. The molecule has 2 saturated heterocycles. The van der Waals surface area contributed by atoms with Crippen LogP contribution in [0.3, 0.4) is 0 Å². The molecular weight excluding hydrogens is 451 g/mol. The van der Waals surface area contributed by atoms with E-state index in [2.05, 4.69) is 9.80 Å². The molecule has 2 heterocycles. The average molecular weight is 478 g/mol. The summed E-state index contributed by atoms with van der Waals surface area (Å²) in [5, 5.41) is 0.784. The van der Waals surface area contributed by atoms with E-state index in [1.165, 1.54) is 19.3 Å². The van der Waals surface area contributed by atoms with Crippen LogP contribution >= 0.6 is 47.4 Å². The third-order valence-electron chi connectivity index (χ3n) is 6.15. The lowest BCUT2D eigenvalue weighted by Gasteiger charge is -2.41. The van der Waals surface area contributed by atoms with E-state index in [4.69, 9.17) is 23.2 Å². The van der Waals surface area contributed by atoms with Gasteiger partial charge in [0.15, 0.2) is 5.78 Å². The highest BCUT2D eigenvalue weighted by atomic mass is 35.5. The number of halogens is 3. The van der Waals surface area contributed by atoms with Crippen LogP contribution in [0.1, 0.15) is 53.9 Å². The molecule has 2 aliphatic heterocycles. The lowest BCUT2D eigenvalue weighted by Crippen LogP contribution is -2.53. The molecule has 8 heteroatoms. The summed E-state index contributed by atoms with van der Waals surface area (Å²) in [6.45, 7) is 4.01. The molecule has 1 aromatic carbocycles. The first kappa shape index (κ1) is 23.2. The second-order valence-electron chi connectivity index (χ2n) is 7.99. The fourth-order valence-corrected chi connectivity index (χ4v) is 6.04. The lowest BCUT2D eigenvalue weighted by atomic mass is 9.81. The minimum atomic E-state index is -0.297. The van der Waals surface area contributed by atoms with Crippen LogP contribution in [-0.4, -0.2) is 65.2 Å². The number of likely N-dealkylation sites (tertiary alicyclic amines) is 1. The Balaban J connectivity index is 0.00000240. The van der Waals surface area contributed by atoms with Gasteiger partial charge < -0.3 is 9.80 Å². The molecule has 0 radical (unpaired) electrons. The van der Waals surface area contributed by atoms with E-state index in [0.717, 1.165) is 43.2 Å². The number of rotatable bonds is 3. The lowest BCUT2D eigenvalue weighted by molar-refractivity contribution is -0.135. The van der Waals surface area contributed by atoms with Crippen LogP contribution in [0.4, 0.5) is 0 Å². The van der Waals surface area contributed by atoms with Crippen molar-refractivity contribution in [3.05, 3.63) is 33.3 Å². The number of nitrogens with zero attached hydrogens (tertiary/aromatic N) is 2. The van der Waals surface area contributed by atoms with Crippen molar-refractivity contribution in [1.29, 1.82) is 0 Å². The summed E-state index contributed by atoms with van der Waals surface area (Å²) in [5.74, 6) is 1.87. The molecule has 0 spiro atoms. The first-order chi connectivity index (χ1) is 13.5. The van der Waals surface area contributed by atoms with E-state index in [-0.39, 0.29) is 36.1 Å². The van der Waals surface area contributed by atoms with E-state index in [1.807, 2.05) is 11.8 Å². The van der Waals surface area contributed by atoms with Gasteiger partial charge in [0.2, 0.25) is 5.91 Å². The number of Topliss-reactive ketones (excluding diaryl/α,β-unsaturated/α-hetero) is 1. The Morgan fingerprint density at radius 3 is 2.59 bits per heavy atom. The molecule has 160 valence electrons. The molecule has 29 heavy (non-hydrogen) atoms. The maximum atomic E-state index is 13.6. The van der Waals surface area contributed by atoms with E-state index in [9.17, 15) is 9.59 Å². The molecule has 4 rings (SSSR count). The second kappa shape index (κ2) is 10.2. The van der Waals surface area contributed by atoms with Gasteiger partial charge in [-0.3, -0.25) is 9.59 Å². The normalized spacial score (nSPS) is 25.3. The minimum Gasteiger partial charge on any atom is -0.336 e. The van der Waals surface area contributed by atoms with E-state index >= 15 is 0 Å². The first-order valence-corrected chi connectivity index (χ1v) is 12.1. The monoisotopic (exact) mass is 476 g/mol. The standard InChI is InChI=1S/C21H26Cl2N2O2S.ClH/c22-18-10-16-15(4-5-20(26)17(16)11-19(18)23)21(27)25-8-9-28-13-14(25)12-24-6-2-1-3-7-24;/h10-11,14-15H,1-9,12-13H2;1H. The van der Waals surface area contributed by atoms with Crippen molar-refractivity contribution in [2.45, 2.75) is 44.1 Å². The Hall–Kier alpha value is -0.460. The van der Waals surface area contributed by atoms with Gasteiger partial charge in [-0.15, -0.1) is 12.4 Å². The Kier molecular flexibility index (Phi) is 8.19. The summed E-state index contributed by atoms with van der Waals surface area (Å²) in [4.78, 5) is 30.6. The zero-order valence-electron chi connectivity index (χ0n) is 16.4. The van der Waals surface area contributed by atoms with E-state index in [1.54, 1.807) is 12.1 Å². The second-order valence-corrected chi connectivity index (χ2v) is 9.95. The molecule has 1 aromatic rings. The number of benzene rings is 1. The van der Waals surface area contributed by atoms with Crippen LogP contribution in [0.25, 0.3) is 0 Å². The van der Waals surface area contributed by atoms with Crippen molar-refractivity contribution < 1.29 is 9.59 Å². The number of piperidine rings is 1. The number of hydrogen-bond donors (Lipinski definition) is 0. The number of ketones is 1. The van der Waals surface area contributed by atoms with Crippen LogP contribution in [0.5, 0.6) is 0 Å². The van der Waals surface area contributed by atoms with Gasteiger partial charge in [0.05, 0.1) is 22.0 Å². The molecule has 1 amide bonds. The zero-order chi connectivity index (χ0) is 19.7. The molecule has 3 aliphatic rings. The van der Waals surface area contributed by atoms with Gasteiger partial charge in [0.25, 0.3) is 0 Å². The quantitative estimate of drug-likeness (QED) is 0.620. The highest BCUT2D eigenvalue weighted by molar-refractivity contribution is 7.99. The fourth-order valence-electron chi connectivity index (χ4n) is 4.65. The number of thioether (sulfide) groups is 1. The van der Waals surface area contributed by atoms with Gasteiger partial charge in [-0.05, 0) is 50.0 Å². The third-order valence-corrected chi connectivity index (χ3v) is 7.97. The Bertz CT molecular complexity index is 771. The van der Waals surface area contributed by atoms with Crippen LogP contribution in [0.15, 0.2) is 12.1 Å². The molecule has 0 aromatic heterocycles. The molecule has 4 nitrogen and oxygen atoms in total. The molecule has 0 saturated carbocycles. The van der Waals surface area contributed by atoms with Crippen molar-refractivity contribution in [3.63, 3.8) is 0 Å². The summed E-state index contributed by atoms with van der Waals surface area (Å²) in [6, 6.07) is 3.61.